The zero-order valence-corrected chi connectivity index (χ0v) is 18.9. The van der Waals surface area contributed by atoms with Gasteiger partial charge in [-0.1, -0.05) is 25.1 Å². The summed E-state index contributed by atoms with van der Waals surface area (Å²) >= 11 is 0. The van der Waals surface area contributed by atoms with Crippen LogP contribution in [-0.4, -0.2) is 23.7 Å². The summed E-state index contributed by atoms with van der Waals surface area (Å²) in [6.45, 7) is 14.2. The molecular formula is C26H31N3O. The van der Waals surface area contributed by atoms with Gasteiger partial charge in [-0.3, -0.25) is 4.79 Å². The Kier molecular flexibility index (Phi) is 5.05. The highest BCUT2D eigenvalue weighted by Gasteiger charge is 2.36. The number of amides is 1. The lowest BCUT2D eigenvalue weighted by atomic mass is 9.79. The average molecular weight is 402 g/mol. The minimum absolute atomic E-state index is 0.0693. The highest BCUT2D eigenvalue weighted by atomic mass is 16.2. The number of aryl methyl sites for hydroxylation is 1. The van der Waals surface area contributed by atoms with Crippen LogP contribution in [-0.2, 0) is 4.79 Å². The van der Waals surface area contributed by atoms with Gasteiger partial charge >= 0.3 is 0 Å². The van der Waals surface area contributed by atoms with Gasteiger partial charge in [0.05, 0.1) is 17.0 Å². The number of nitrogens with zero attached hydrogens (tertiary/aromatic N) is 3. The number of para-hydroxylation sites is 1. The number of carbonyl (C=O) groups is 1. The monoisotopic (exact) mass is 401 g/mol. The Morgan fingerprint density at radius 2 is 1.87 bits per heavy atom. The molecule has 0 aromatic heterocycles. The molecule has 30 heavy (non-hydrogen) atoms. The molecule has 4 nitrogen and oxygen atoms in total. The van der Waals surface area contributed by atoms with Crippen molar-refractivity contribution in [3.8, 4) is 0 Å². The molecule has 4 heteroatoms. The summed E-state index contributed by atoms with van der Waals surface area (Å²) in [4.78, 5) is 15.6. The number of carbonyl (C=O) groups excluding carboxylic acids is 1. The molecule has 2 aliphatic rings. The number of fused-ring (bicyclic) bond motifs is 1. The summed E-state index contributed by atoms with van der Waals surface area (Å²) in [5, 5.41) is 6.02. The van der Waals surface area contributed by atoms with Gasteiger partial charge in [0.25, 0.3) is 5.91 Å². The summed E-state index contributed by atoms with van der Waals surface area (Å²) in [6.07, 6.45) is 3.14. The minimum atomic E-state index is -0.0693. The lowest BCUT2D eigenvalue weighted by Crippen LogP contribution is -2.48. The second-order valence-corrected chi connectivity index (χ2v) is 9.13. The molecule has 0 spiro atoms. The number of benzene rings is 2. The van der Waals surface area contributed by atoms with Crippen LogP contribution in [0.2, 0.25) is 0 Å². The second kappa shape index (κ2) is 7.42. The molecule has 2 aromatic rings. The largest absolute Gasteiger partial charge is 0.366 e. The zero-order chi connectivity index (χ0) is 21.6. The van der Waals surface area contributed by atoms with Crippen LogP contribution in [0.5, 0.6) is 0 Å². The lowest BCUT2D eigenvalue weighted by Gasteiger charge is -2.47. The average Bonchev–Trinajstić information content (AvgIpc) is 2.97. The van der Waals surface area contributed by atoms with E-state index in [1.807, 2.05) is 43.3 Å². The van der Waals surface area contributed by atoms with E-state index >= 15 is 0 Å². The van der Waals surface area contributed by atoms with E-state index in [0.29, 0.717) is 11.5 Å². The van der Waals surface area contributed by atoms with E-state index in [0.717, 1.165) is 29.9 Å². The van der Waals surface area contributed by atoms with Crippen LogP contribution in [0.4, 0.5) is 11.4 Å². The Labute approximate surface area is 179 Å². The molecular weight excluding hydrogens is 370 g/mol. The molecule has 156 valence electrons. The van der Waals surface area contributed by atoms with Gasteiger partial charge in [0, 0.05) is 17.8 Å². The molecule has 1 atom stereocenters. The first-order chi connectivity index (χ1) is 14.2. The molecule has 0 bridgehead atoms. The number of hydrazone groups is 1. The van der Waals surface area contributed by atoms with Crippen LogP contribution in [0.15, 0.2) is 53.1 Å². The van der Waals surface area contributed by atoms with E-state index < -0.39 is 0 Å². The van der Waals surface area contributed by atoms with Crippen LogP contribution in [0, 0.1) is 6.92 Å². The number of hydrogen-bond donors (Lipinski definition) is 0. The molecule has 2 aliphatic heterocycles. The van der Waals surface area contributed by atoms with Crippen molar-refractivity contribution in [3.63, 3.8) is 0 Å². The molecule has 4 rings (SSSR count). The van der Waals surface area contributed by atoms with Crippen molar-refractivity contribution in [1.29, 1.82) is 0 Å². The molecule has 0 saturated heterocycles. The normalized spacial score (nSPS) is 21.8. The van der Waals surface area contributed by atoms with Gasteiger partial charge in [-0.15, -0.1) is 0 Å². The summed E-state index contributed by atoms with van der Waals surface area (Å²) in [5.41, 5.74) is 7.34. The van der Waals surface area contributed by atoms with Gasteiger partial charge in [0.1, 0.15) is 0 Å². The first-order valence-corrected chi connectivity index (χ1v) is 10.8. The molecule has 0 aliphatic carbocycles. The topological polar surface area (TPSA) is 35.9 Å². The van der Waals surface area contributed by atoms with Crippen molar-refractivity contribution in [2.45, 2.75) is 59.4 Å². The van der Waals surface area contributed by atoms with E-state index in [1.54, 1.807) is 0 Å². The van der Waals surface area contributed by atoms with Gasteiger partial charge < -0.3 is 4.90 Å². The van der Waals surface area contributed by atoms with Crippen LogP contribution >= 0.6 is 0 Å². The van der Waals surface area contributed by atoms with Gasteiger partial charge in [-0.25, -0.2) is 0 Å². The number of rotatable bonds is 3. The van der Waals surface area contributed by atoms with E-state index in [9.17, 15) is 4.79 Å². The molecule has 2 aromatic carbocycles. The van der Waals surface area contributed by atoms with Crippen LogP contribution in [0.25, 0.3) is 6.08 Å². The maximum atomic E-state index is 13.1. The maximum Gasteiger partial charge on any atom is 0.280 e. The van der Waals surface area contributed by atoms with E-state index in [4.69, 9.17) is 0 Å². The lowest BCUT2D eigenvalue weighted by molar-refractivity contribution is -0.114. The number of anilines is 2. The second-order valence-electron chi connectivity index (χ2n) is 9.13. The third kappa shape index (κ3) is 3.34. The van der Waals surface area contributed by atoms with Crippen molar-refractivity contribution in [1.82, 2.24) is 0 Å². The first kappa shape index (κ1) is 20.4. The van der Waals surface area contributed by atoms with E-state index in [2.05, 4.69) is 56.8 Å². The highest BCUT2D eigenvalue weighted by molar-refractivity contribution is 6.32. The minimum Gasteiger partial charge on any atom is -0.366 e. The standard InChI is InChI=1S/C26H31N3O/c1-7-28-24-13-17(2)20(14-22(24)18(3)16-26(28,5)6)15-23-19(4)27-29(25(23)30)21-11-9-8-10-12-21/h8-15,18H,7,16H2,1-6H3/b23-15-. The van der Waals surface area contributed by atoms with Gasteiger partial charge in [-0.2, -0.15) is 10.1 Å². The summed E-state index contributed by atoms with van der Waals surface area (Å²) in [6, 6.07) is 14.2. The fourth-order valence-electron chi connectivity index (χ4n) is 4.99. The van der Waals surface area contributed by atoms with Gasteiger partial charge in [-0.05, 0) is 94.0 Å². The molecule has 0 radical (unpaired) electrons. The van der Waals surface area contributed by atoms with Crippen molar-refractivity contribution in [2.75, 3.05) is 16.5 Å². The predicted molar refractivity (Wildman–Crippen MR) is 126 cm³/mol. The number of hydrogen-bond acceptors (Lipinski definition) is 3. The van der Waals surface area contributed by atoms with Crippen molar-refractivity contribution in [3.05, 3.63) is 64.7 Å². The Hall–Kier alpha value is -2.88. The Bertz CT molecular complexity index is 1050. The molecule has 1 amide bonds. The summed E-state index contributed by atoms with van der Waals surface area (Å²) in [7, 11) is 0. The van der Waals surface area contributed by atoms with E-state index in [1.165, 1.54) is 21.8 Å². The third-order valence-corrected chi connectivity index (χ3v) is 6.45. The fourth-order valence-corrected chi connectivity index (χ4v) is 4.99. The molecule has 1 unspecified atom stereocenters. The van der Waals surface area contributed by atoms with Gasteiger partial charge in [0.2, 0.25) is 0 Å². The summed E-state index contributed by atoms with van der Waals surface area (Å²) < 4.78 is 0. The van der Waals surface area contributed by atoms with Crippen LogP contribution in [0.3, 0.4) is 0 Å². The van der Waals surface area contributed by atoms with Crippen LogP contribution < -0.4 is 9.91 Å². The first-order valence-electron chi connectivity index (χ1n) is 10.8. The highest BCUT2D eigenvalue weighted by Crippen LogP contribution is 2.44. The maximum absolute atomic E-state index is 13.1. The quantitative estimate of drug-likeness (QED) is 0.599. The molecule has 2 heterocycles. The van der Waals surface area contributed by atoms with Gasteiger partial charge in [0.15, 0.2) is 0 Å². The Morgan fingerprint density at radius 3 is 2.53 bits per heavy atom. The smallest absolute Gasteiger partial charge is 0.280 e. The third-order valence-electron chi connectivity index (χ3n) is 6.45. The van der Waals surface area contributed by atoms with Crippen LogP contribution in [0.1, 0.15) is 63.6 Å². The molecule has 0 saturated carbocycles. The summed E-state index contributed by atoms with van der Waals surface area (Å²) in [5.74, 6) is 0.408. The Morgan fingerprint density at radius 1 is 1.17 bits per heavy atom. The van der Waals surface area contributed by atoms with Crippen molar-refractivity contribution in [2.24, 2.45) is 5.10 Å². The van der Waals surface area contributed by atoms with Crippen molar-refractivity contribution >= 4 is 29.1 Å². The van der Waals surface area contributed by atoms with E-state index in [-0.39, 0.29) is 11.4 Å². The zero-order valence-electron chi connectivity index (χ0n) is 18.9. The SMILES string of the molecule is CCN1c2cc(C)c(/C=C3\C(=O)N(c4ccccc4)N=C3C)cc2C(C)CC1(C)C. The molecule has 0 fully saturated rings. The predicted octanol–water partition coefficient (Wildman–Crippen LogP) is 5.91. The Balaban J connectivity index is 1.74. The van der Waals surface area contributed by atoms with Crippen molar-refractivity contribution < 1.29 is 4.79 Å². The molecule has 0 N–H and O–H groups in total. The fraction of sp³-hybridized carbons (Fsp3) is 0.385.